The topological polar surface area (TPSA) is 155 Å². The number of aromatic nitrogens is 2. The van der Waals surface area contributed by atoms with E-state index >= 15 is 0 Å². The number of ether oxygens (including phenoxy) is 2. The highest BCUT2D eigenvalue weighted by atomic mass is 79.9. The van der Waals surface area contributed by atoms with Gasteiger partial charge in [0, 0.05) is 83.4 Å². The van der Waals surface area contributed by atoms with Crippen LogP contribution in [-0.4, -0.2) is 136 Å². The maximum atomic E-state index is 13.8. The molecular weight excluding hydrogens is 930 g/mol. The van der Waals surface area contributed by atoms with E-state index in [1.165, 1.54) is 0 Å². The largest absolute Gasteiger partial charge is 0.378 e. The van der Waals surface area contributed by atoms with E-state index in [9.17, 15) is 37.5 Å². The van der Waals surface area contributed by atoms with Gasteiger partial charge in [-0.3, -0.25) is 38.6 Å². The molecule has 0 spiro atoms. The average molecular weight is 976 g/mol. The number of fused-ring (bicyclic) bond motifs is 4. The molecule has 6 aromatic rings. The molecule has 1 N–H and O–H groups in total. The van der Waals surface area contributed by atoms with Crippen LogP contribution in [0, 0.1) is 0 Å². The van der Waals surface area contributed by atoms with Gasteiger partial charge in [0.1, 0.15) is 0 Å². The number of morpholine rings is 2. The fraction of sp³-hybridized carbons (Fsp3) is 0.240. The van der Waals surface area contributed by atoms with Crippen molar-refractivity contribution in [1.29, 1.82) is 0 Å². The molecule has 4 aromatic carbocycles. The van der Waals surface area contributed by atoms with Gasteiger partial charge in [-0.15, -0.1) is 0 Å². The van der Waals surface area contributed by atoms with Crippen LogP contribution in [0.3, 0.4) is 0 Å². The first-order chi connectivity index (χ1) is 32.6. The Balaban J connectivity index is 0.000000150. The van der Waals surface area contributed by atoms with Crippen LogP contribution >= 0.6 is 15.9 Å². The van der Waals surface area contributed by atoms with Crippen molar-refractivity contribution in [3.63, 3.8) is 0 Å². The Morgan fingerprint density at radius 1 is 0.582 bits per heavy atom. The molecule has 0 atom stereocenters. The van der Waals surface area contributed by atoms with Gasteiger partial charge in [0.15, 0.2) is 0 Å². The molecule has 2 saturated heterocycles. The van der Waals surface area contributed by atoms with Crippen molar-refractivity contribution in [2.24, 2.45) is 0 Å². The lowest BCUT2D eigenvalue weighted by molar-refractivity contribution is 0.0301. The SMILES string of the molecule is O=C(c1ccc2[nH]ccc2c1)N1CCOCC1.O=C(c1ccc2c(ccn2C/C(=C/F)CN2C(=O)c3ccccc3C2=O)c1)N1CCOCC1.O=C1c2ccccc2C(=O)N1C/C(=C\F)CBr. The van der Waals surface area contributed by atoms with Gasteiger partial charge in [-0.1, -0.05) is 40.2 Å². The Morgan fingerprint density at radius 2 is 1.04 bits per heavy atom. The molecular formula is C50H45BrF2N6O8. The van der Waals surface area contributed by atoms with Crippen molar-refractivity contribution in [2.45, 2.75) is 6.54 Å². The van der Waals surface area contributed by atoms with Gasteiger partial charge in [0.25, 0.3) is 35.4 Å². The minimum Gasteiger partial charge on any atom is -0.378 e. The highest BCUT2D eigenvalue weighted by molar-refractivity contribution is 9.09. The van der Waals surface area contributed by atoms with Gasteiger partial charge in [0.2, 0.25) is 0 Å². The fourth-order valence-corrected chi connectivity index (χ4v) is 8.47. The molecule has 2 fully saturated rings. The zero-order chi connectivity index (χ0) is 47.0. The summed E-state index contributed by atoms with van der Waals surface area (Å²) in [7, 11) is 0. The lowest BCUT2D eigenvalue weighted by Crippen LogP contribution is -2.40. The van der Waals surface area contributed by atoms with Gasteiger partial charge in [0.05, 0.1) is 74.4 Å². The van der Waals surface area contributed by atoms with Crippen LogP contribution in [0.1, 0.15) is 62.1 Å². The molecule has 67 heavy (non-hydrogen) atoms. The van der Waals surface area contributed by atoms with Crippen LogP contribution in [-0.2, 0) is 16.0 Å². The third kappa shape index (κ3) is 10.0. The first-order valence-corrected chi connectivity index (χ1v) is 22.6. The summed E-state index contributed by atoms with van der Waals surface area (Å²) >= 11 is 3.10. The first kappa shape index (κ1) is 46.4. The van der Waals surface area contributed by atoms with Gasteiger partial charge in [-0.05, 0) is 83.9 Å². The van der Waals surface area contributed by atoms with Gasteiger partial charge < -0.3 is 28.8 Å². The van der Waals surface area contributed by atoms with Crippen LogP contribution in [0.4, 0.5) is 8.78 Å². The number of halogens is 3. The summed E-state index contributed by atoms with van der Waals surface area (Å²) < 4.78 is 38.6. The lowest BCUT2D eigenvalue weighted by Gasteiger charge is -2.26. The van der Waals surface area contributed by atoms with E-state index in [1.54, 1.807) is 65.7 Å². The van der Waals surface area contributed by atoms with Crippen molar-refractivity contribution in [3.8, 4) is 0 Å². The smallest absolute Gasteiger partial charge is 0.261 e. The maximum Gasteiger partial charge on any atom is 0.261 e. The fourth-order valence-electron chi connectivity index (χ4n) is 8.17. The number of hydrogen-bond donors (Lipinski definition) is 1. The maximum absolute atomic E-state index is 13.8. The van der Waals surface area contributed by atoms with E-state index in [2.05, 4.69) is 20.9 Å². The molecule has 0 unspecified atom stereocenters. The third-order valence-electron chi connectivity index (χ3n) is 11.7. The Kier molecular flexibility index (Phi) is 14.6. The quantitative estimate of drug-likeness (QED) is 0.116. The summed E-state index contributed by atoms with van der Waals surface area (Å²) in [5, 5.41) is 2.22. The van der Waals surface area contributed by atoms with E-state index < -0.39 is 11.8 Å². The van der Waals surface area contributed by atoms with E-state index in [0.717, 1.165) is 37.2 Å². The molecule has 0 bridgehead atoms. The second-order valence-corrected chi connectivity index (χ2v) is 16.5. The predicted molar refractivity (Wildman–Crippen MR) is 249 cm³/mol. The summed E-state index contributed by atoms with van der Waals surface area (Å²) in [6.45, 7) is 4.88. The van der Waals surface area contributed by atoms with E-state index in [1.807, 2.05) is 58.1 Å². The van der Waals surface area contributed by atoms with E-state index in [4.69, 9.17) is 9.47 Å². The van der Waals surface area contributed by atoms with Crippen molar-refractivity contribution in [2.75, 3.05) is 71.0 Å². The second kappa shape index (κ2) is 21.0. The number of nitrogens with one attached hydrogen (secondary N) is 1. The van der Waals surface area contributed by atoms with E-state index in [0.29, 0.717) is 98.7 Å². The van der Waals surface area contributed by atoms with Crippen molar-refractivity contribution in [1.82, 2.24) is 29.2 Å². The number of hydrogen-bond acceptors (Lipinski definition) is 8. The second-order valence-electron chi connectivity index (χ2n) is 16.0. The molecule has 17 heteroatoms. The Bertz CT molecular complexity index is 2860. The van der Waals surface area contributed by atoms with Crippen LogP contribution in [0.25, 0.3) is 21.8 Å². The predicted octanol–water partition coefficient (Wildman–Crippen LogP) is 7.43. The molecule has 14 nitrogen and oxygen atoms in total. The van der Waals surface area contributed by atoms with Crippen LogP contribution in [0.15, 0.2) is 133 Å². The van der Waals surface area contributed by atoms with Gasteiger partial charge in [-0.25, -0.2) is 8.78 Å². The molecule has 0 aliphatic carbocycles. The molecule has 6 amide bonds. The minimum absolute atomic E-state index is 0.0197. The standard InChI is InChI=1S/C25H22FN3O4.C13H14N2O2.C12H9BrFNO2/c26-14-17(16-29-24(31)20-3-1-2-4-21(20)25(29)32)15-28-8-7-18-13-19(5-6-22(18)28)23(30)27-9-11-33-12-10-27;16-13(15-5-7-17-8-6-15)11-1-2-12-10(9-11)3-4-14-12;13-5-8(6-14)7-15-11(16)9-3-1-2-4-10(9)12(15)17/h1-8,13-14H,9-12,15-16H2;1-4,9,14H,5-8H2;1-4,6H,5,7H2/b17-14-;;8-6-. The summed E-state index contributed by atoms with van der Waals surface area (Å²) in [4.78, 5) is 82.9. The van der Waals surface area contributed by atoms with Gasteiger partial charge in [-0.2, -0.15) is 0 Å². The minimum atomic E-state index is -0.418. The Hall–Kier alpha value is -7.08. The zero-order valence-corrected chi connectivity index (χ0v) is 37.8. The molecule has 2 aromatic heterocycles. The number of carbonyl (C=O) groups is 6. The molecule has 4 aliphatic rings. The number of amides is 6. The average Bonchev–Trinajstić information content (AvgIpc) is 4.14. The highest BCUT2D eigenvalue weighted by Gasteiger charge is 2.36. The van der Waals surface area contributed by atoms with Crippen LogP contribution < -0.4 is 0 Å². The van der Waals surface area contributed by atoms with Crippen LogP contribution in [0.2, 0.25) is 0 Å². The van der Waals surface area contributed by atoms with Crippen LogP contribution in [0.5, 0.6) is 0 Å². The molecule has 6 heterocycles. The zero-order valence-electron chi connectivity index (χ0n) is 36.2. The Labute approximate surface area is 392 Å². The van der Waals surface area contributed by atoms with E-state index in [-0.39, 0.29) is 54.2 Å². The molecule has 0 saturated carbocycles. The van der Waals surface area contributed by atoms with Crippen molar-refractivity contribution in [3.05, 3.63) is 167 Å². The summed E-state index contributed by atoms with van der Waals surface area (Å²) in [6, 6.07) is 28.2. The summed E-state index contributed by atoms with van der Waals surface area (Å²) in [5.41, 5.74) is 5.30. The summed E-state index contributed by atoms with van der Waals surface area (Å²) in [5.74, 6) is -1.52. The number of alkyl halides is 1. The lowest BCUT2D eigenvalue weighted by atomic mass is 10.1. The molecule has 0 radical (unpaired) electrons. The van der Waals surface area contributed by atoms with Crippen molar-refractivity contribution >= 4 is 73.2 Å². The monoisotopic (exact) mass is 974 g/mol. The number of benzene rings is 4. The number of aromatic amines is 1. The number of H-pyrrole nitrogens is 1. The highest BCUT2D eigenvalue weighted by Crippen LogP contribution is 2.26. The number of nitrogens with zero attached hydrogens (tertiary/aromatic N) is 5. The Morgan fingerprint density at radius 3 is 1.52 bits per heavy atom. The third-order valence-corrected chi connectivity index (χ3v) is 12.5. The molecule has 344 valence electrons. The number of carbonyl (C=O) groups excluding carboxylic acids is 6. The van der Waals surface area contributed by atoms with Crippen molar-refractivity contribution < 1.29 is 47.0 Å². The first-order valence-electron chi connectivity index (χ1n) is 21.5. The number of rotatable bonds is 9. The number of imide groups is 2. The molecule has 4 aliphatic heterocycles. The normalized spacial score (nSPS) is 16.2. The summed E-state index contributed by atoms with van der Waals surface area (Å²) in [6.07, 6.45) is 4.55. The molecule has 10 rings (SSSR count). The van der Waals surface area contributed by atoms with Gasteiger partial charge >= 0.3 is 0 Å².